The lowest BCUT2D eigenvalue weighted by Crippen LogP contribution is -2.38. The maximum Gasteiger partial charge on any atom is 0.226 e. The normalized spacial score (nSPS) is 15.0. The van der Waals surface area contributed by atoms with Gasteiger partial charge < -0.3 is 24.5 Å². The van der Waals surface area contributed by atoms with Crippen molar-refractivity contribution in [3.05, 3.63) is 42.3 Å². The third-order valence-corrected chi connectivity index (χ3v) is 4.45. The highest BCUT2D eigenvalue weighted by molar-refractivity contribution is 14.0. The number of oxazole rings is 1. The Morgan fingerprint density at radius 2 is 2.00 bits per heavy atom. The smallest absolute Gasteiger partial charge is 0.226 e. The summed E-state index contributed by atoms with van der Waals surface area (Å²) in [6.07, 6.45) is 4.95. The van der Waals surface area contributed by atoms with Crippen molar-refractivity contribution in [3.8, 4) is 11.5 Å². The summed E-state index contributed by atoms with van der Waals surface area (Å²) in [7, 11) is 0. The van der Waals surface area contributed by atoms with Crippen molar-refractivity contribution in [3.63, 3.8) is 0 Å². The molecule has 1 aromatic heterocycles. The van der Waals surface area contributed by atoms with Crippen LogP contribution < -0.4 is 10.6 Å². The summed E-state index contributed by atoms with van der Waals surface area (Å²) < 4.78 is 16.8. The molecule has 3 rings (SSSR count). The number of benzene rings is 1. The fraction of sp³-hybridized carbons (Fsp3) is 0.524. The van der Waals surface area contributed by atoms with Crippen molar-refractivity contribution in [2.45, 2.75) is 38.8 Å². The van der Waals surface area contributed by atoms with Crippen LogP contribution in [-0.4, -0.2) is 50.0 Å². The summed E-state index contributed by atoms with van der Waals surface area (Å²) in [5, 5.41) is 6.60. The first-order valence-electron chi connectivity index (χ1n) is 10.1. The van der Waals surface area contributed by atoms with E-state index >= 15 is 0 Å². The van der Waals surface area contributed by atoms with E-state index in [1.165, 1.54) is 0 Å². The number of nitrogens with zero attached hydrogens (tertiary/aromatic N) is 2. The number of halogens is 1. The van der Waals surface area contributed by atoms with Gasteiger partial charge in [-0.2, -0.15) is 0 Å². The Kier molecular flexibility index (Phi) is 11.0. The highest BCUT2D eigenvalue weighted by Gasteiger charge is 2.13. The summed E-state index contributed by atoms with van der Waals surface area (Å²) in [4.78, 5) is 9.11. The molecule has 0 unspecified atom stereocenters. The summed E-state index contributed by atoms with van der Waals surface area (Å²) in [6.45, 7) is 6.50. The van der Waals surface area contributed by atoms with Crippen LogP contribution in [0.2, 0.25) is 0 Å². The molecule has 160 valence electrons. The fourth-order valence-corrected chi connectivity index (χ4v) is 2.97. The molecule has 1 aliphatic heterocycles. The molecule has 1 fully saturated rings. The number of hydrogen-bond donors (Lipinski definition) is 2. The topological polar surface area (TPSA) is 80.9 Å². The maximum absolute atomic E-state index is 5.90. The Morgan fingerprint density at radius 3 is 2.76 bits per heavy atom. The molecule has 29 heavy (non-hydrogen) atoms. The zero-order valence-electron chi connectivity index (χ0n) is 16.9. The van der Waals surface area contributed by atoms with Crippen molar-refractivity contribution in [1.82, 2.24) is 15.6 Å². The van der Waals surface area contributed by atoms with Crippen molar-refractivity contribution in [1.29, 1.82) is 0 Å². The number of guanidine groups is 1. The minimum atomic E-state index is 0. The molecule has 0 spiro atoms. The Labute approximate surface area is 189 Å². The number of aromatic nitrogens is 1. The standard InChI is InChI=1S/C21H30N4O3.HI/c1-2-22-21(23-11-6-12-27-19-9-13-26-14-10-19)24-15-18-16-28-20(25-18)17-7-4-3-5-8-17;/h3-5,7-8,16,19H,2,6,9-15H2,1H3,(H2,22,23,24);1H. The first-order valence-corrected chi connectivity index (χ1v) is 10.1. The monoisotopic (exact) mass is 514 g/mol. The quantitative estimate of drug-likeness (QED) is 0.231. The minimum absolute atomic E-state index is 0. The van der Waals surface area contributed by atoms with Gasteiger partial charge in [0.25, 0.3) is 0 Å². The molecule has 0 atom stereocenters. The van der Waals surface area contributed by atoms with E-state index in [1.807, 2.05) is 30.3 Å². The first-order chi connectivity index (χ1) is 13.8. The lowest BCUT2D eigenvalue weighted by Gasteiger charge is -2.22. The summed E-state index contributed by atoms with van der Waals surface area (Å²) in [6, 6.07) is 9.87. The summed E-state index contributed by atoms with van der Waals surface area (Å²) >= 11 is 0. The summed E-state index contributed by atoms with van der Waals surface area (Å²) in [5.74, 6) is 1.40. The molecule has 0 bridgehead atoms. The van der Waals surface area contributed by atoms with Gasteiger partial charge >= 0.3 is 0 Å². The van der Waals surface area contributed by atoms with Crippen molar-refractivity contribution < 1.29 is 13.9 Å². The van der Waals surface area contributed by atoms with Crippen LogP contribution in [0, 0.1) is 0 Å². The van der Waals surface area contributed by atoms with E-state index < -0.39 is 0 Å². The Hall–Kier alpha value is -1.65. The SMILES string of the molecule is CCNC(=NCc1coc(-c2ccccc2)n1)NCCCOC1CCOCC1.I. The second-order valence-electron chi connectivity index (χ2n) is 6.67. The van der Waals surface area contributed by atoms with E-state index in [2.05, 4.69) is 27.5 Å². The van der Waals surface area contributed by atoms with E-state index in [4.69, 9.17) is 13.9 Å². The lowest BCUT2D eigenvalue weighted by molar-refractivity contribution is -0.0320. The van der Waals surface area contributed by atoms with Crippen LogP contribution in [-0.2, 0) is 16.0 Å². The molecule has 2 heterocycles. The van der Waals surface area contributed by atoms with Crippen LogP contribution in [0.15, 0.2) is 46.0 Å². The highest BCUT2D eigenvalue weighted by atomic mass is 127. The van der Waals surface area contributed by atoms with E-state index in [-0.39, 0.29) is 24.0 Å². The van der Waals surface area contributed by atoms with Crippen LogP contribution in [0.5, 0.6) is 0 Å². The number of ether oxygens (including phenoxy) is 2. The second-order valence-corrected chi connectivity index (χ2v) is 6.67. The Bertz CT molecular complexity index is 718. The van der Waals surface area contributed by atoms with E-state index in [0.29, 0.717) is 18.5 Å². The number of rotatable bonds is 9. The van der Waals surface area contributed by atoms with E-state index in [1.54, 1.807) is 6.26 Å². The van der Waals surface area contributed by atoms with Gasteiger partial charge in [-0.15, -0.1) is 24.0 Å². The highest BCUT2D eigenvalue weighted by Crippen LogP contribution is 2.18. The molecular formula is C21H31IN4O3. The predicted octanol–water partition coefficient (Wildman–Crippen LogP) is 3.60. The van der Waals surface area contributed by atoms with Crippen LogP contribution in [0.3, 0.4) is 0 Å². The third-order valence-electron chi connectivity index (χ3n) is 4.45. The molecule has 1 saturated heterocycles. The van der Waals surface area contributed by atoms with Gasteiger partial charge in [0.2, 0.25) is 5.89 Å². The van der Waals surface area contributed by atoms with Crippen molar-refractivity contribution in [2.24, 2.45) is 4.99 Å². The first kappa shape index (κ1) is 23.6. The number of hydrogen-bond acceptors (Lipinski definition) is 5. The maximum atomic E-state index is 5.90. The van der Waals surface area contributed by atoms with Gasteiger partial charge in [0.1, 0.15) is 12.0 Å². The number of nitrogens with one attached hydrogen (secondary N) is 2. The van der Waals surface area contributed by atoms with E-state index in [9.17, 15) is 0 Å². The van der Waals surface area contributed by atoms with Gasteiger partial charge in [-0.1, -0.05) is 18.2 Å². The second kappa shape index (κ2) is 13.6. The largest absolute Gasteiger partial charge is 0.444 e. The molecule has 1 aliphatic rings. The molecule has 7 nitrogen and oxygen atoms in total. The van der Waals surface area contributed by atoms with Gasteiger partial charge in [-0.25, -0.2) is 9.98 Å². The average molecular weight is 514 g/mol. The van der Waals surface area contributed by atoms with Gasteiger partial charge in [-0.3, -0.25) is 0 Å². The number of aliphatic imine (C=N–C) groups is 1. The minimum Gasteiger partial charge on any atom is -0.444 e. The van der Waals surface area contributed by atoms with Crippen molar-refractivity contribution in [2.75, 3.05) is 32.9 Å². The van der Waals surface area contributed by atoms with Crippen LogP contribution >= 0.6 is 24.0 Å². The molecule has 0 amide bonds. The van der Waals surface area contributed by atoms with Gasteiger partial charge in [0.05, 0.1) is 12.6 Å². The molecule has 1 aromatic carbocycles. The molecule has 8 heteroatoms. The molecule has 0 radical (unpaired) electrons. The van der Waals surface area contributed by atoms with Crippen LogP contribution in [0.25, 0.3) is 11.5 Å². The zero-order chi connectivity index (χ0) is 19.4. The Balaban J connectivity index is 0.00000300. The molecule has 2 aromatic rings. The van der Waals surface area contributed by atoms with Gasteiger partial charge in [0.15, 0.2) is 5.96 Å². The zero-order valence-corrected chi connectivity index (χ0v) is 19.3. The lowest BCUT2D eigenvalue weighted by atomic mass is 10.1. The Morgan fingerprint density at radius 1 is 1.21 bits per heavy atom. The van der Waals surface area contributed by atoms with Crippen molar-refractivity contribution >= 4 is 29.9 Å². The van der Waals surface area contributed by atoms with Gasteiger partial charge in [0, 0.05) is 38.5 Å². The van der Waals surface area contributed by atoms with Gasteiger partial charge in [-0.05, 0) is 38.3 Å². The van der Waals surface area contributed by atoms with E-state index in [0.717, 1.165) is 69.4 Å². The molecule has 0 aliphatic carbocycles. The molecule has 0 saturated carbocycles. The third kappa shape index (κ3) is 8.31. The average Bonchev–Trinajstić information content (AvgIpc) is 3.22. The van der Waals surface area contributed by atoms with Crippen LogP contribution in [0.4, 0.5) is 0 Å². The molecule has 2 N–H and O–H groups in total. The van der Waals surface area contributed by atoms with Crippen LogP contribution in [0.1, 0.15) is 31.9 Å². The molecular weight excluding hydrogens is 483 g/mol. The fourth-order valence-electron chi connectivity index (χ4n) is 2.97. The predicted molar refractivity (Wildman–Crippen MR) is 125 cm³/mol. The summed E-state index contributed by atoms with van der Waals surface area (Å²) in [5.41, 5.74) is 1.77.